The van der Waals surface area contributed by atoms with Crippen LogP contribution in [-0.2, 0) is 4.79 Å². The molecule has 6 rings (SSSR count). The second-order valence-electron chi connectivity index (χ2n) is 11.4. The third-order valence-corrected chi connectivity index (χ3v) is 8.81. The topological polar surface area (TPSA) is 156 Å². The highest BCUT2D eigenvalue weighted by Crippen LogP contribution is 2.51. The molecular formula is C33H34N2O9. The number of aldehydes is 1. The molecule has 0 unspecified atom stereocenters. The number of hydrogen-bond acceptors (Lipinski definition) is 9. The first-order valence-electron chi connectivity index (χ1n) is 14.8. The van der Waals surface area contributed by atoms with Crippen LogP contribution in [0.5, 0.6) is 11.5 Å². The van der Waals surface area contributed by atoms with Gasteiger partial charge in [-0.15, -0.1) is 0 Å². The van der Waals surface area contributed by atoms with E-state index in [0.717, 1.165) is 19.3 Å². The van der Waals surface area contributed by atoms with Gasteiger partial charge in [0.25, 0.3) is 5.91 Å². The molecule has 3 aliphatic rings. The zero-order chi connectivity index (χ0) is 31.0. The highest BCUT2D eigenvalue weighted by Gasteiger charge is 2.52. The van der Waals surface area contributed by atoms with Crippen LogP contribution in [0.1, 0.15) is 64.3 Å². The predicted octanol–water partition coefficient (Wildman–Crippen LogP) is 2.71. The summed E-state index contributed by atoms with van der Waals surface area (Å²) in [7, 11) is 1.43. The summed E-state index contributed by atoms with van der Waals surface area (Å²) in [6.07, 6.45) is 3.91. The third kappa shape index (κ3) is 5.16. The van der Waals surface area contributed by atoms with Crippen molar-refractivity contribution in [2.45, 2.75) is 62.3 Å². The minimum atomic E-state index is -1.32. The average Bonchev–Trinajstić information content (AvgIpc) is 3.44. The summed E-state index contributed by atoms with van der Waals surface area (Å²) >= 11 is 0. The van der Waals surface area contributed by atoms with Gasteiger partial charge in [0, 0.05) is 34.7 Å². The Labute approximate surface area is 253 Å². The van der Waals surface area contributed by atoms with Crippen LogP contribution in [0.25, 0.3) is 11.0 Å². The minimum absolute atomic E-state index is 0.0183. The summed E-state index contributed by atoms with van der Waals surface area (Å²) in [5, 5.41) is 24.6. The molecule has 0 spiro atoms. The van der Waals surface area contributed by atoms with Crippen LogP contribution in [-0.4, -0.2) is 77.8 Å². The minimum Gasteiger partial charge on any atom is -0.493 e. The van der Waals surface area contributed by atoms with Crippen LogP contribution in [0.3, 0.4) is 0 Å². The van der Waals surface area contributed by atoms with Crippen molar-refractivity contribution in [2.24, 2.45) is 0 Å². The molecular weight excluding hydrogens is 568 g/mol. The lowest BCUT2D eigenvalue weighted by Gasteiger charge is -2.44. The second kappa shape index (κ2) is 12.3. The number of aliphatic hydroxyl groups excluding tert-OH is 2. The normalized spacial score (nSPS) is 22.8. The zero-order valence-electron chi connectivity index (χ0n) is 24.2. The summed E-state index contributed by atoms with van der Waals surface area (Å²) in [4.78, 5) is 54.4. The van der Waals surface area contributed by atoms with E-state index in [9.17, 15) is 29.4 Å². The molecule has 1 aliphatic heterocycles. The van der Waals surface area contributed by atoms with Gasteiger partial charge in [0.2, 0.25) is 5.91 Å². The van der Waals surface area contributed by atoms with Crippen molar-refractivity contribution in [3.05, 3.63) is 81.2 Å². The van der Waals surface area contributed by atoms with E-state index in [1.54, 1.807) is 36.4 Å². The molecule has 0 radical (unpaired) electrons. The Kier molecular flexibility index (Phi) is 8.24. The quantitative estimate of drug-likeness (QED) is 0.261. The number of benzene rings is 2. The molecule has 3 N–H and O–H groups in total. The number of amides is 2. The summed E-state index contributed by atoms with van der Waals surface area (Å²) < 4.78 is 17.3. The number of fused-ring (bicyclic) bond motifs is 4. The number of methoxy groups -OCH3 is 1. The van der Waals surface area contributed by atoms with Crippen molar-refractivity contribution in [1.82, 2.24) is 10.2 Å². The van der Waals surface area contributed by atoms with Gasteiger partial charge in [-0.05, 0) is 43.2 Å². The van der Waals surface area contributed by atoms with Crippen LogP contribution >= 0.6 is 0 Å². The number of hydrogen-bond donors (Lipinski definition) is 3. The van der Waals surface area contributed by atoms with Crippen LogP contribution in [0, 0.1) is 0 Å². The Balaban J connectivity index is 1.49. The van der Waals surface area contributed by atoms with Crippen LogP contribution in [0.2, 0.25) is 0 Å². The van der Waals surface area contributed by atoms with E-state index in [1.807, 2.05) is 0 Å². The first-order chi connectivity index (χ1) is 21.4. The van der Waals surface area contributed by atoms with Gasteiger partial charge in [-0.1, -0.05) is 37.5 Å². The Morgan fingerprint density at radius 2 is 1.91 bits per heavy atom. The fourth-order valence-corrected chi connectivity index (χ4v) is 6.78. The SMILES string of the molecule is COc1cc(C=O)cc2c1O[C@@H]1[C@@H](O)[C@H](N(C(=O)c3cc4ccccc4oc3=O)C3CCCCC3)C=C(C(=O)NCCO)[C@H]21. The van der Waals surface area contributed by atoms with Gasteiger partial charge in [0.1, 0.15) is 29.6 Å². The van der Waals surface area contributed by atoms with Crippen molar-refractivity contribution in [3.8, 4) is 11.5 Å². The molecule has 3 aromatic rings. The molecule has 44 heavy (non-hydrogen) atoms. The number of ether oxygens (including phenoxy) is 2. The van der Waals surface area contributed by atoms with Crippen LogP contribution in [0.4, 0.5) is 0 Å². The smallest absolute Gasteiger partial charge is 0.349 e. The maximum atomic E-state index is 14.4. The number of nitrogens with one attached hydrogen (secondary N) is 1. The second-order valence-corrected chi connectivity index (χ2v) is 11.4. The maximum absolute atomic E-state index is 14.4. The van der Waals surface area contributed by atoms with Crippen molar-refractivity contribution < 1.29 is 38.5 Å². The monoisotopic (exact) mass is 602 g/mol. The van der Waals surface area contributed by atoms with E-state index in [2.05, 4.69) is 5.32 Å². The Bertz CT molecular complexity index is 1690. The standard InChI is InChI=1S/C33H34N2O9/c1-42-26-14-18(17-37)13-21-27-22(31(39)34-11-12-36)16-24(28(38)30(27)44-29(21)26)35(20-8-3-2-4-9-20)32(40)23-15-19-7-5-6-10-25(19)43-33(23)41/h5-7,10,13-17,20,24,27-28,30,36,38H,2-4,8-9,11-12H2,1H3,(H,34,39)/t24-,27+,28+,30+/m1/s1. The highest BCUT2D eigenvalue weighted by molar-refractivity contribution is 5.99. The summed E-state index contributed by atoms with van der Waals surface area (Å²) in [6.45, 7) is -0.310. The summed E-state index contributed by atoms with van der Waals surface area (Å²) in [6, 6.07) is 10.1. The lowest BCUT2D eigenvalue weighted by molar-refractivity contribution is -0.118. The largest absolute Gasteiger partial charge is 0.493 e. The van der Waals surface area contributed by atoms with Crippen molar-refractivity contribution in [3.63, 3.8) is 0 Å². The number of carbonyl (C=O) groups excluding carboxylic acids is 3. The molecule has 11 nitrogen and oxygen atoms in total. The van der Waals surface area contributed by atoms with E-state index >= 15 is 0 Å². The molecule has 230 valence electrons. The number of nitrogens with zero attached hydrogens (tertiary/aromatic N) is 1. The summed E-state index contributed by atoms with van der Waals surface area (Å²) in [5.74, 6) is -1.36. The molecule has 2 aliphatic carbocycles. The van der Waals surface area contributed by atoms with Gasteiger partial charge in [-0.3, -0.25) is 14.4 Å². The van der Waals surface area contributed by atoms with Gasteiger partial charge in [-0.25, -0.2) is 4.79 Å². The molecule has 2 amide bonds. The average molecular weight is 603 g/mol. The van der Waals surface area contributed by atoms with E-state index in [0.29, 0.717) is 47.0 Å². The molecule has 1 fully saturated rings. The fraction of sp³-hybridized carbons (Fsp3) is 0.394. The van der Waals surface area contributed by atoms with E-state index in [-0.39, 0.29) is 36.1 Å². The highest BCUT2D eigenvalue weighted by atomic mass is 16.5. The summed E-state index contributed by atoms with van der Waals surface area (Å²) in [5.41, 5.74) is 0.391. The predicted molar refractivity (Wildman–Crippen MR) is 159 cm³/mol. The number of carbonyl (C=O) groups is 3. The Morgan fingerprint density at radius 1 is 1.14 bits per heavy atom. The van der Waals surface area contributed by atoms with Gasteiger partial charge < -0.3 is 34.3 Å². The van der Waals surface area contributed by atoms with Crippen LogP contribution < -0.4 is 20.4 Å². The zero-order valence-corrected chi connectivity index (χ0v) is 24.2. The molecule has 4 atom stereocenters. The number of para-hydroxylation sites is 1. The molecule has 0 saturated heterocycles. The molecule has 2 aromatic carbocycles. The molecule has 2 heterocycles. The Hall–Kier alpha value is -4.48. The Morgan fingerprint density at radius 3 is 2.64 bits per heavy atom. The third-order valence-electron chi connectivity index (χ3n) is 8.81. The van der Waals surface area contributed by atoms with E-state index in [1.165, 1.54) is 24.1 Å². The van der Waals surface area contributed by atoms with Crippen molar-refractivity contribution in [2.75, 3.05) is 20.3 Å². The lowest BCUT2D eigenvalue weighted by atomic mass is 9.76. The first-order valence-corrected chi connectivity index (χ1v) is 14.8. The van der Waals surface area contributed by atoms with Gasteiger partial charge in [0.05, 0.1) is 25.7 Å². The first kappa shape index (κ1) is 29.6. The van der Waals surface area contributed by atoms with Gasteiger partial charge in [-0.2, -0.15) is 0 Å². The lowest BCUT2D eigenvalue weighted by Crippen LogP contribution is -2.59. The molecule has 0 bridgehead atoms. The molecule has 11 heteroatoms. The number of aliphatic hydroxyl groups is 2. The number of rotatable bonds is 8. The van der Waals surface area contributed by atoms with E-state index in [4.69, 9.17) is 13.9 Å². The van der Waals surface area contributed by atoms with Gasteiger partial charge >= 0.3 is 5.63 Å². The maximum Gasteiger partial charge on any atom is 0.349 e. The van der Waals surface area contributed by atoms with Crippen molar-refractivity contribution in [1.29, 1.82) is 0 Å². The molecule has 1 aromatic heterocycles. The van der Waals surface area contributed by atoms with Crippen LogP contribution in [0.15, 0.2) is 63.3 Å². The fourth-order valence-electron chi connectivity index (χ4n) is 6.78. The van der Waals surface area contributed by atoms with E-state index < -0.39 is 41.6 Å². The molecule has 1 saturated carbocycles. The van der Waals surface area contributed by atoms with Crippen molar-refractivity contribution >= 4 is 29.1 Å². The van der Waals surface area contributed by atoms with Gasteiger partial charge in [0.15, 0.2) is 11.5 Å².